The Morgan fingerprint density at radius 3 is 2.92 bits per heavy atom. The Morgan fingerprint density at radius 1 is 1.46 bits per heavy atom. The van der Waals surface area contributed by atoms with Crippen LogP contribution in [0.15, 0.2) is 24.7 Å². The topological polar surface area (TPSA) is 34.4 Å². The van der Waals surface area contributed by atoms with E-state index in [-0.39, 0.29) is 5.78 Å². The van der Waals surface area contributed by atoms with Crippen LogP contribution in [0.1, 0.15) is 23.0 Å². The van der Waals surface area contributed by atoms with Gasteiger partial charge in [0.2, 0.25) is 0 Å². The number of hydrogen-bond acceptors (Lipinski definition) is 2. The molecule has 0 N–H and O–H groups in total. The van der Waals surface area contributed by atoms with Crippen LogP contribution >= 0.6 is 0 Å². The third-order valence-corrected chi connectivity index (χ3v) is 2.13. The fraction of sp³-hybridized carbons (Fsp3) is 0.200. The molecular formula is C10H10N2O. The van der Waals surface area contributed by atoms with Gasteiger partial charge in [-0.05, 0) is 19.9 Å². The first kappa shape index (κ1) is 7.98. The molecule has 0 radical (unpaired) electrons. The lowest BCUT2D eigenvalue weighted by atomic mass is 10.2. The molecule has 2 aromatic heterocycles. The predicted molar refractivity (Wildman–Crippen MR) is 49.9 cm³/mol. The number of rotatable bonds is 1. The van der Waals surface area contributed by atoms with Crippen molar-refractivity contribution >= 4 is 11.3 Å². The minimum Gasteiger partial charge on any atom is -0.320 e. The van der Waals surface area contributed by atoms with E-state index in [0.717, 1.165) is 16.8 Å². The molecule has 66 valence electrons. The summed E-state index contributed by atoms with van der Waals surface area (Å²) in [6.07, 6.45) is 5.45. The van der Waals surface area contributed by atoms with Gasteiger partial charge in [-0.15, -0.1) is 0 Å². The molecule has 0 saturated heterocycles. The van der Waals surface area contributed by atoms with E-state index in [1.165, 1.54) is 0 Å². The van der Waals surface area contributed by atoms with Crippen molar-refractivity contribution in [1.29, 1.82) is 0 Å². The van der Waals surface area contributed by atoms with E-state index >= 15 is 0 Å². The van der Waals surface area contributed by atoms with Gasteiger partial charge in [0.1, 0.15) is 0 Å². The van der Waals surface area contributed by atoms with Crippen molar-refractivity contribution in [2.45, 2.75) is 13.8 Å². The van der Waals surface area contributed by atoms with E-state index in [0.29, 0.717) is 0 Å². The maximum Gasteiger partial charge on any atom is 0.162 e. The summed E-state index contributed by atoms with van der Waals surface area (Å²) < 4.78 is 1.92. The van der Waals surface area contributed by atoms with E-state index in [9.17, 15) is 4.79 Å². The Bertz CT molecular complexity index is 471. The Hall–Kier alpha value is -1.64. The second-order valence-electron chi connectivity index (χ2n) is 3.05. The average Bonchev–Trinajstić information content (AvgIpc) is 2.49. The molecule has 0 amide bonds. The molecule has 0 saturated carbocycles. The van der Waals surface area contributed by atoms with E-state index in [1.807, 2.05) is 29.8 Å². The molecule has 3 heteroatoms. The summed E-state index contributed by atoms with van der Waals surface area (Å²) in [5.74, 6) is 0.0820. The van der Waals surface area contributed by atoms with Crippen LogP contribution in [0.3, 0.4) is 0 Å². The van der Waals surface area contributed by atoms with Crippen LogP contribution in [0.4, 0.5) is 0 Å². The lowest BCUT2D eigenvalue weighted by Crippen LogP contribution is -1.95. The fourth-order valence-corrected chi connectivity index (χ4v) is 1.52. The molecule has 2 rings (SSSR count). The highest BCUT2D eigenvalue weighted by atomic mass is 16.1. The summed E-state index contributed by atoms with van der Waals surface area (Å²) in [6, 6.07) is 1.83. The predicted octanol–water partition coefficient (Wildman–Crippen LogP) is 1.85. The zero-order valence-electron chi connectivity index (χ0n) is 7.61. The molecule has 0 fully saturated rings. The van der Waals surface area contributed by atoms with Gasteiger partial charge in [0.05, 0.1) is 11.2 Å². The monoisotopic (exact) mass is 174 g/mol. The summed E-state index contributed by atoms with van der Waals surface area (Å²) in [4.78, 5) is 15.4. The van der Waals surface area contributed by atoms with Crippen molar-refractivity contribution in [3.63, 3.8) is 0 Å². The number of aryl methyl sites for hydroxylation is 1. The zero-order chi connectivity index (χ0) is 9.42. The molecule has 3 nitrogen and oxygen atoms in total. The van der Waals surface area contributed by atoms with Gasteiger partial charge >= 0.3 is 0 Å². The van der Waals surface area contributed by atoms with Gasteiger partial charge in [0.15, 0.2) is 5.78 Å². The molecule has 0 aliphatic rings. The van der Waals surface area contributed by atoms with Crippen LogP contribution in [0, 0.1) is 6.92 Å². The molecule has 2 heterocycles. The molecule has 0 aliphatic heterocycles. The second-order valence-corrected chi connectivity index (χ2v) is 3.05. The first-order valence-corrected chi connectivity index (χ1v) is 4.13. The van der Waals surface area contributed by atoms with Gasteiger partial charge in [-0.1, -0.05) is 0 Å². The van der Waals surface area contributed by atoms with Gasteiger partial charge in [0, 0.05) is 24.2 Å². The van der Waals surface area contributed by atoms with E-state index in [2.05, 4.69) is 4.98 Å². The summed E-state index contributed by atoms with van der Waals surface area (Å²) in [7, 11) is 0. The minimum atomic E-state index is 0.0820. The smallest absolute Gasteiger partial charge is 0.162 e. The number of Topliss-reactive ketones (excluding diaryl/α,β-unsaturated/α-hetero) is 1. The Labute approximate surface area is 76.0 Å². The molecule has 0 spiro atoms. The molecule has 0 aromatic carbocycles. The van der Waals surface area contributed by atoms with E-state index in [1.54, 1.807) is 13.1 Å². The Kier molecular flexibility index (Phi) is 1.65. The third-order valence-electron chi connectivity index (χ3n) is 2.13. The van der Waals surface area contributed by atoms with Crippen LogP contribution in [0.5, 0.6) is 0 Å². The van der Waals surface area contributed by atoms with Crippen molar-refractivity contribution in [2.24, 2.45) is 0 Å². The molecule has 2 aromatic rings. The quantitative estimate of drug-likeness (QED) is 0.618. The van der Waals surface area contributed by atoms with Gasteiger partial charge in [0.25, 0.3) is 0 Å². The lowest BCUT2D eigenvalue weighted by Gasteiger charge is -1.99. The summed E-state index contributed by atoms with van der Waals surface area (Å²) in [6.45, 7) is 3.48. The van der Waals surface area contributed by atoms with Crippen LogP contribution < -0.4 is 0 Å². The van der Waals surface area contributed by atoms with Crippen LogP contribution in [0.25, 0.3) is 5.52 Å². The van der Waals surface area contributed by atoms with Crippen molar-refractivity contribution in [3.8, 4) is 0 Å². The highest BCUT2D eigenvalue weighted by Crippen LogP contribution is 2.15. The highest BCUT2D eigenvalue weighted by molar-refractivity contribution is 6.01. The number of aromatic nitrogens is 2. The third kappa shape index (κ3) is 1.13. The lowest BCUT2D eigenvalue weighted by molar-refractivity contribution is 0.101. The Morgan fingerprint density at radius 2 is 2.23 bits per heavy atom. The van der Waals surface area contributed by atoms with Crippen LogP contribution in [0.2, 0.25) is 0 Å². The first-order valence-electron chi connectivity index (χ1n) is 4.13. The van der Waals surface area contributed by atoms with Crippen molar-refractivity contribution < 1.29 is 4.79 Å². The Balaban J connectivity index is 2.86. The van der Waals surface area contributed by atoms with Crippen molar-refractivity contribution in [2.75, 3.05) is 0 Å². The van der Waals surface area contributed by atoms with Crippen molar-refractivity contribution in [1.82, 2.24) is 9.38 Å². The van der Waals surface area contributed by atoms with E-state index in [4.69, 9.17) is 0 Å². The molecule has 13 heavy (non-hydrogen) atoms. The average molecular weight is 174 g/mol. The number of carbonyl (C=O) groups excluding carboxylic acids is 1. The molecule has 0 atom stereocenters. The van der Waals surface area contributed by atoms with E-state index < -0.39 is 0 Å². The number of fused-ring (bicyclic) bond motifs is 1. The number of nitrogens with zero attached hydrogens (tertiary/aromatic N) is 2. The largest absolute Gasteiger partial charge is 0.320 e. The zero-order valence-corrected chi connectivity index (χ0v) is 7.61. The van der Waals surface area contributed by atoms with Crippen LogP contribution in [-0.4, -0.2) is 15.2 Å². The molecule has 0 unspecified atom stereocenters. The number of hydrogen-bond donors (Lipinski definition) is 0. The summed E-state index contributed by atoms with van der Waals surface area (Å²) >= 11 is 0. The number of ketones is 1. The summed E-state index contributed by atoms with van der Waals surface area (Å²) in [5, 5.41) is 0. The molecule has 0 bridgehead atoms. The molecular weight excluding hydrogens is 164 g/mol. The normalized spacial score (nSPS) is 10.6. The van der Waals surface area contributed by atoms with Crippen LogP contribution in [-0.2, 0) is 0 Å². The van der Waals surface area contributed by atoms with Gasteiger partial charge in [-0.2, -0.15) is 0 Å². The second kappa shape index (κ2) is 2.69. The fourth-order valence-electron chi connectivity index (χ4n) is 1.52. The number of carbonyl (C=O) groups is 1. The summed E-state index contributed by atoms with van der Waals surface area (Å²) in [5.41, 5.74) is 2.54. The first-order chi connectivity index (χ1) is 6.20. The van der Waals surface area contributed by atoms with Gasteiger partial charge < -0.3 is 4.40 Å². The maximum absolute atomic E-state index is 11.2. The maximum atomic E-state index is 11.2. The highest BCUT2D eigenvalue weighted by Gasteiger charge is 2.08. The minimum absolute atomic E-state index is 0.0820. The van der Waals surface area contributed by atoms with Gasteiger partial charge in [-0.3, -0.25) is 9.78 Å². The molecule has 0 aliphatic carbocycles. The SMILES string of the molecule is CC(=O)c1ccn2ccnc(C)c12. The van der Waals surface area contributed by atoms with Crippen molar-refractivity contribution in [3.05, 3.63) is 35.9 Å². The standard InChI is InChI=1S/C10H10N2O/c1-7-10-9(8(2)13)3-5-12(10)6-4-11-7/h3-6H,1-2H3. The van der Waals surface area contributed by atoms with Gasteiger partial charge in [-0.25, -0.2) is 0 Å².